The topological polar surface area (TPSA) is 13.1 Å². The van der Waals surface area contributed by atoms with Crippen molar-refractivity contribution in [3.05, 3.63) is 24.2 Å². The van der Waals surface area contributed by atoms with Crippen molar-refractivity contribution < 1.29 is 4.42 Å². The maximum atomic E-state index is 4.93. The zero-order valence-electron chi connectivity index (χ0n) is 5.85. The number of unbranched alkanes of at least 4 members (excludes halogenated alkanes) is 1. The highest BCUT2D eigenvalue weighted by Gasteiger charge is 1.92. The van der Waals surface area contributed by atoms with Gasteiger partial charge < -0.3 is 4.42 Å². The Bertz CT molecular complexity index is 158. The lowest BCUT2D eigenvalue weighted by Gasteiger charge is -1.92. The molecule has 0 saturated carbocycles. The van der Waals surface area contributed by atoms with Gasteiger partial charge in [0, 0.05) is 5.33 Å². The molecule has 0 bridgehead atoms. The minimum atomic E-state index is 1.10. The van der Waals surface area contributed by atoms with Crippen molar-refractivity contribution in [2.45, 2.75) is 19.3 Å². The fraction of sp³-hybridized carbons (Fsp3) is 0.500. The van der Waals surface area contributed by atoms with Crippen LogP contribution in [-0.2, 0) is 6.42 Å². The van der Waals surface area contributed by atoms with Crippen LogP contribution in [0.25, 0.3) is 0 Å². The van der Waals surface area contributed by atoms with Crippen LogP contribution in [0.3, 0.4) is 0 Å². The second kappa shape index (κ2) is 4.56. The van der Waals surface area contributed by atoms with Crippen molar-refractivity contribution in [2.24, 2.45) is 0 Å². The van der Waals surface area contributed by atoms with E-state index in [9.17, 15) is 0 Å². The van der Waals surface area contributed by atoms with E-state index in [2.05, 4.69) is 15.9 Å². The van der Waals surface area contributed by atoms with E-state index in [1.54, 1.807) is 6.26 Å². The number of alkyl halides is 1. The monoisotopic (exact) mass is 202 g/mol. The maximum absolute atomic E-state index is 4.93. The minimum Gasteiger partial charge on any atom is -0.472 e. The molecule has 0 aliphatic carbocycles. The minimum absolute atomic E-state index is 1.10. The van der Waals surface area contributed by atoms with Gasteiger partial charge in [-0.25, -0.2) is 0 Å². The molecule has 0 spiro atoms. The van der Waals surface area contributed by atoms with Crippen molar-refractivity contribution in [1.82, 2.24) is 0 Å². The van der Waals surface area contributed by atoms with Crippen LogP contribution in [0.5, 0.6) is 0 Å². The summed E-state index contributed by atoms with van der Waals surface area (Å²) in [4.78, 5) is 0. The molecule has 0 radical (unpaired) electrons. The quantitative estimate of drug-likeness (QED) is 0.541. The van der Waals surface area contributed by atoms with E-state index in [-0.39, 0.29) is 0 Å². The summed E-state index contributed by atoms with van der Waals surface area (Å²) in [5, 5.41) is 1.10. The van der Waals surface area contributed by atoms with Crippen molar-refractivity contribution >= 4 is 15.9 Å². The molecule has 0 amide bonds. The second-order valence-corrected chi connectivity index (χ2v) is 3.07. The summed E-state index contributed by atoms with van der Waals surface area (Å²) in [5.41, 5.74) is 1.31. The van der Waals surface area contributed by atoms with Crippen molar-refractivity contribution in [2.75, 3.05) is 5.33 Å². The molecule has 0 saturated heterocycles. The van der Waals surface area contributed by atoms with Gasteiger partial charge in [-0.1, -0.05) is 15.9 Å². The molecule has 0 aliphatic heterocycles. The molecule has 56 valence electrons. The Morgan fingerprint density at radius 3 is 2.90 bits per heavy atom. The Balaban J connectivity index is 2.15. The van der Waals surface area contributed by atoms with E-state index in [4.69, 9.17) is 4.42 Å². The maximum Gasteiger partial charge on any atom is 0.0934 e. The number of hydrogen-bond donors (Lipinski definition) is 0. The first kappa shape index (κ1) is 7.86. The van der Waals surface area contributed by atoms with Crippen LogP contribution in [-0.4, -0.2) is 5.33 Å². The van der Waals surface area contributed by atoms with Crippen LogP contribution >= 0.6 is 15.9 Å². The second-order valence-electron chi connectivity index (χ2n) is 2.28. The Morgan fingerprint density at radius 1 is 1.40 bits per heavy atom. The van der Waals surface area contributed by atoms with Crippen molar-refractivity contribution in [3.8, 4) is 0 Å². The molecular formula is C8H11BrO. The summed E-state index contributed by atoms with van der Waals surface area (Å²) in [6.07, 6.45) is 7.16. The van der Waals surface area contributed by atoms with Crippen LogP contribution in [0.4, 0.5) is 0 Å². The Labute approximate surface area is 69.6 Å². The average molecular weight is 203 g/mol. The van der Waals surface area contributed by atoms with Gasteiger partial charge >= 0.3 is 0 Å². The summed E-state index contributed by atoms with van der Waals surface area (Å²) in [6, 6.07) is 2.02. The van der Waals surface area contributed by atoms with E-state index in [1.807, 2.05) is 12.3 Å². The largest absolute Gasteiger partial charge is 0.472 e. The molecule has 0 atom stereocenters. The molecule has 1 nitrogen and oxygen atoms in total. The van der Waals surface area contributed by atoms with Crippen LogP contribution in [0, 0.1) is 0 Å². The normalized spacial score (nSPS) is 10.1. The summed E-state index contributed by atoms with van der Waals surface area (Å²) in [7, 11) is 0. The molecule has 2 heteroatoms. The summed E-state index contributed by atoms with van der Waals surface area (Å²) in [5.74, 6) is 0. The SMILES string of the molecule is BrCCCCc1ccoc1. The van der Waals surface area contributed by atoms with E-state index in [1.165, 1.54) is 18.4 Å². The highest BCUT2D eigenvalue weighted by Crippen LogP contribution is 2.05. The Hall–Kier alpha value is -0.240. The van der Waals surface area contributed by atoms with Gasteiger partial charge in [0.1, 0.15) is 0 Å². The third-order valence-electron chi connectivity index (χ3n) is 1.43. The third-order valence-corrected chi connectivity index (χ3v) is 1.99. The Morgan fingerprint density at radius 2 is 2.30 bits per heavy atom. The first-order valence-corrected chi connectivity index (χ1v) is 4.62. The fourth-order valence-corrected chi connectivity index (χ4v) is 1.26. The number of rotatable bonds is 4. The standard InChI is InChI=1S/C8H11BrO/c9-5-2-1-3-8-4-6-10-7-8/h4,6-7H,1-3,5H2. The lowest BCUT2D eigenvalue weighted by atomic mass is 10.2. The molecule has 1 aromatic heterocycles. The number of furan rings is 1. The number of aryl methyl sites for hydroxylation is 1. The summed E-state index contributed by atoms with van der Waals surface area (Å²) >= 11 is 3.39. The van der Waals surface area contributed by atoms with Gasteiger partial charge in [0.2, 0.25) is 0 Å². The first-order valence-electron chi connectivity index (χ1n) is 3.50. The zero-order chi connectivity index (χ0) is 7.23. The fourth-order valence-electron chi connectivity index (χ4n) is 0.859. The lowest BCUT2D eigenvalue weighted by Crippen LogP contribution is -1.81. The number of halogens is 1. The molecule has 1 rings (SSSR count). The molecule has 10 heavy (non-hydrogen) atoms. The van der Waals surface area contributed by atoms with Gasteiger partial charge in [0.25, 0.3) is 0 Å². The van der Waals surface area contributed by atoms with Gasteiger partial charge in [-0.05, 0) is 30.9 Å². The molecule has 1 aromatic rings. The predicted molar refractivity (Wildman–Crippen MR) is 45.4 cm³/mol. The van der Waals surface area contributed by atoms with Crippen molar-refractivity contribution in [1.29, 1.82) is 0 Å². The average Bonchev–Trinajstić information content (AvgIpc) is 2.41. The smallest absolute Gasteiger partial charge is 0.0934 e. The lowest BCUT2D eigenvalue weighted by molar-refractivity contribution is 0.563. The zero-order valence-corrected chi connectivity index (χ0v) is 7.43. The van der Waals surface area contributed by atoms with E-state index >= 15 is 0 Å². The van der Waals surface area contributed by atoms with Crippen LogP contribution in [0.2, 0.25) is 0 Å². The summed E-state index contributed by atoms with van der Waals surface area (Å²) < 4.78 is 4.93. The first-order chi connectivity index (χ1) is 4.93. The van der Waals surface area contributed by atoms with Crippen LogP contribution in [0.15, 0.2) is 23.0 Å². The van der Waals surface area contributed by atoms with Gasteiger partial charge in [-0.15, -0.1) is 0 Å². The molecule has 0 N–H and O–H groups in total. The van der Waals surface area contributed by atoms with Gasteiger partial charge in [-0.3, -0.25) is 0 Å². The highest BCUT2D eigenvalue weighted by molar-refractivity contribution is 9.09. The van der Waals surface area contributed by atoms with Gasteiger partial charge in [0.15, 0.2) is 0 Å². The molecule has 0 aromatic carbocycles. The molecule has 0 aliphatic rings. The van der Waals surface area contributed by atoms with E-state index in [0.29, 0.717) is 0 Å². The van der Waals surface area contributed by atoms with Gasteiger partial charge in [-0.2, -0.15) is 0 Å². The van der Waals surface area contributed by atoms with Crippen LogP contribution < -0.4 is 0 Å². The predicted octanol–water partition coefficient (Wildman–Crippen LogP) is 3.00. The highest BCUT2D eigenvalue weighted by atomic mass is 79.9. The van der Waals surface area contributed by atoms with Crippen molar-refractivity contribution in [3.63, 3.8) is 0 Å². The third kappa shape index (κ3) is 2.56. The summed E-state index contributed by atoms with van der Waals surface area (Å²) in [6.45, 7) is 0. The molecule has 0 unspecified atom stereocenters. The Kier molecular flexibility index (Phi) is 3.58. The van der Waals surface area contributed by atoms with Gasteiger partial charge in [0.05, 0.1) is 12.5 Å². The molecule has 1 heterocycles. The van der Waals surface area contributed by atoms with E-state index in [0.717, 1.165) is 11.8 Å². The number of hydrogen-bond acceptors (Lipinski definition) is 1. The molecular weight excluding hydrogens is 192 g/mol. The van der Waals surface area contributed by atoms with E-state index < -0.39 is 0 Å². The van der Waals surface area contributed by atoms with Crippen LogP contribution in [0.1, 0.15) is 18.4 Å². The molecule has 0 fully saturated rings.